The van der Waals surface area contributed by atoms with Crippen molar-refractivity contribution in [3.05, 3.63) is 65.0 Å². The molecule has 1 saturated heterocycles. The van der Waals surface area contributed by atoms with E-state index in [2.05, 4.69) is 0 Å². The lowest BCUT2D eigenvalue weighted by molar-refractivity contribution is -0.0402. The molecule has 9 heteroatoms. The number of benzene rings is 2. The van der Waals surface area contributed by atoms with Crippen LogP contribution in [0.15, 0.2) is 30.3 Å². The van der Waals surface area contributed by atoms with Gasteiger partial charge in [-0.15, -0.1) is 0 Å². The van der Waals surface area contributed by atoms with Crippen molar-refractivity contribution in [1.29, 1.82) is 0 Å². The number of carbonyl (C=O) groups is 1. The highest BCUT2D eigenvalue weighted by Crippen LogP contribution is 2.21. The first kappa shape index (κ1) is 19.1. The van der Waals surface area contributed by atoms with Crippen LogP contribution in [0.3, 0.4) is 0 Å². The minimum Gasteiger partial charge on any atom is -0.491 e. The van der Waals surface area contributed by atoms with Crippen LogP contribution in [0.25, 0.3) is 0 Å². The Morgan fingerprint density at radius 3 is 2.48 bits per heavy atom. The zero-order chi connectivity index (χ0) is 19.6. The predicted octanol–water partition coefficient (Wildman–Crippen LogP) is 3.30. The molecule has 0 N–H and O–H groups in total. The molecule has 1 unspecified atom stereocenters. The highest BCUT2D eigenvalue weighted by molar-refractivity contribution is 5.94. The van der Waals surface area contributed by atoms with Gasteiger partial charge < -0.3 is 14.4 Å². The number of nitrogens with zero attached hydrogens (tertiary/aromatic N) is 1. The van der Waals surface area contributed by atoms with Crippen LogP contribution in [0.1, 0.15) is 10.4 Å². The summed E-state index contributed by atoms with van der Waals surface area (Å²) < 4.78 is 77.3. The molecule has 1 aliphatic rings. The van der Waals surface area contributed by atoms with Gasteiger partial charge in [0.05, 0.1) is 18.7 Å². The molecule has 27 heavy (non-hydrogen) atoms. The second-order valence-electron chi connectivity index (χ2n) is 5.86. The number of ether oxygens (including phenoxy) is 2. The molecule has 4 nitrogen and oxygen atoms in total. The molecule has 1 fully saturated rings. The molecule has 0 aromatic heterocycles. The number of hydrogen-bond acceptors (Lipinski definition) is 3. The van der Waals surface area contributed by atoms with Gasteiger partial charge in [0.1, 0.15) is 24.3 Å². The Morgan fingerprint density at radius 2 is 1.78 bits per heavy atom. The minimum atomic E-state index is -2.04. The van der Waals surface area contributed by atoms with Gasteiger partial charge in [0.15, 0.2) is 23.3 Å². The van der Waals surface area contributed by atoms with Crippen LogP contribution < -0.4 is 4.74 Å². The van der Waals surface area contributed by atoms with Gasteiger partial charge in [-0.3, -0.25) is 4.79 Å². The summed E-state index contributed by atoms with van der Waals surface area (Å²) in [5.41, 5.74) is -0.897. The van der Waals surface area contributed by atoms with Crippen molar-refractivity contribution in [2.45, 2.75) is 6.10 Å². The van der Waals surface area contributed by atoms with Crippen LogP contribution in [-0.2, 0) is 4.74 Å². The second-order valence-corrected chi connectivity index (χ2v) is 5.86. The van der Waals surface area contributed by atoms with Crippen LogP contribution >= 0.6 is 0 Å². The van der Waals surface area contributed by atoms with Crippen molar-refractivity contribution >= 4 is 5.91 Å². The average Bonchev–Trinajstić information content (AvgIpc) is 2.68. The molecule has 3 rings (SSSR count). The van der Waals surface area contributed by atoms with E-state index in [0.717, 1.165) is 4.90 Å². The van der Waals surface area contributed by atoms with Gasteiger partial charge >= 0.3 is 0 Å². The maximum Gasteiger partial charge on any atom is 0.257 e. The molecule has 2 aromatic carbocycles. The predicted molar refractivity (Wildman–Crippen MR) is 83.8 cm³/mol. The van der Waals surface area contributed by atoms with E-state index in [1.165, 1.54) is 24.3 Å². The monoisotopic (exact) mass is 387 g/mol. The number of halogens is 5. The Balaban J connectivity index is 1.67. The minimum absolute atomic E-state index is 0.0179. The van der Waals surface area contributed by atoms with Crippen LogP contribution in [-0.4, -0.2) is 43.2 Å². The molecular formula is C18H14F5NO3. The summed E-state index contributed by atoms with van der Waals surface area (Å²) >= 11 is 0. The van der Waals surface area contributed by atoms with Crippen LogP contribution in [0.2, 0.25) is 0 Å². The van der Waals surface area contributed by atoms with E-state index in [1.54, 1.807) is 0 Å². The van der Waals surface area contributed by atoms with E-state index in [9.17, 15) is 26.7 Å². The Bertz CT molecular complexity index is 844. The summed E-state index contributed by atoms with van der Waals surface area (Å²) in [7, 11) is 0. The van der Waals surface area contributed by atoms with Crippen molar-refractivity contribution in [3.63, 3.8) is 0 Å². The van der Waals surface area contributed by atoms with E-state index in [-0.39, 0.29) is 26.3 Å². The van der Waals surface area contributed by atoms with Gasteiger partial charge in [-0.2, -0.15) is 0 Å². The standard InChI is InChI=1S/C18H14F5NO3/c19-10-1-3-11(4-2-10)27-9-12-8-24(5-6-26-12)18(25)13-7-14(20)16(22)17(23)15(13)21/h1-4,7,12H,5-6,8-9H2. The van der Waals surface area contributed by atoms with Gasteiger partial charge in [-0.1, -0.05) is 0 Å². The number of rotatable bonds is 4. The molecule has 1 amide bonds. The van der Waals surface area contributed by atoms with Crippen molar-refractivity contribution in [2.75, 3.05) is 26.3 Å². The van der Waals surface area contributed by atoms with E-state index < -0.39 is 46.7 Å². The third-order valence-electron chi connectivity index (χ3n) is 4.01. The SMILES string of the molecule is O=C(c1cc(F)c(F)c(F)c1F)N1CCOC(COc2ccc(F)cc2)C1. The Kier molecular flexibility index (Phi) is 5.59. The van der Waals surface area contributed by atoms with Crippen LogP contribution in [0.4, 0.5) is 22.0 Å². The fourth-order valence-corrected chi connectivity index (χ4v) is 2.62. The van der Waals surface area contributed by atoms with Gasteiger partial charge in [0, 0.05) is 6.54 Å². The van der Waals surface area contributed by atoms with Crippen molar-refractivity contribution in [1.82, 2.24) is 4.90 Å². The lowest BCUT2D eigenvalue weighted by Crippen LogP contribution is -2.47. The fraction of sp³-hybridized carbons (Fsp3) is 0.278. The molecule has 0 saturated carbocycles. The summed E-state index contributed by atoms with van der Waals surface area (Å²) in [6.07, 6.45) is -0.592. The first-order chi connectivity index (χ1) is 12.9. The summed E-state index contributed by atoms with van der Waals surface area (Å²) in [5.74, 6) is -8.43. The van der Waals surface area contributed by atoms with Gasteiger partial charge in [-0.05, 0) is 30.3 Å². The Morgan fingerprint density at radius 1 is 1.07 bits per heavy atom. The van der Waals surface area contributed by atoms with Crippen LogP contribution in [0, 0.1) is 29.1 Å². The summed E-state index contributed by atoms with van der Waals surface area (Å²) in [5, 5.41) is 0. The van der Waals surface area contributed by atoms with Crippen LogP contribution in [0.5, 0.6) is 5.75 Å². The topological polar surface area (TPSA) is 38.8 Å². The molecular weight excluding hydrogens is 373 g/mol. The molecule has 0 bridgehead atoms. The van der Waals surface area contributed by atoms with E-state index in [4.69, 9.17) is 9.47 Å². The molecule has 1 atom stereocenters. The highest BCUT2D eigenvalue weighted by Gasteiger charge is 2.30. The first-order valence-electron chi connectivity index (χ1n) is 7.99. The van der Waals surface area contributed by atoms with Crippen molar-refractivity contribution in [3.8, 4) is 5.75 Å². The zero-order valence-corrected chi connectivity index (χ0v) is 13.9. The Labute approximate surface area is 151 Å². The van der Waals surface area contributed by atoms with Crippen molar-refractivity contribution in [2.24, 2.45) is 0 Å². The van der Waals surface area contributed by atoms with Gasteiger partial charge in [0.25, 0.3) is 5.91 Å². The lowest BCUT2D eigenvalue weighted by atomic mass is 10.1. The summed E-state index contributed by atoms with van der Waals surface area (Å²) in [6, 6.07) is 5.59. The molecule has 144 valence electrons. The number of amides is 1. The van der Waals surface area contributed by atoms with E-state index >= 15 is 0 Å². The maximum absolute atomic E-state index is 13.8. The quantitative estimate of drug-likeness (QED) is 0.459. The summed E-state index contributed by atoms with van der Waals surface area (Å²) in [6.45, 7) is 0.146. The molecule has 2 aromatic rings. The third-order valence-corrected chi connectivity index (χ3v) is 4.01. The Hall–Kier alpha value is -2.68. The second kappa shape index (κ2) is 7.91. The molecule has 0 aliphatic carbocycles. The normalized spacial score (nSPS) is 17.1. The van der Waals surface area contributed by atoms with Gasteiger partial charge in [0.2, 0.25) is 0 Å². The molecule has 1 aliphatic heterocycles. The highest BCUT2D eigenvalue weighted by atomic mass is 19.2. The fourth-order valence-electron chi connectivity index (χ4n) is 2.62. The van der Waals surface area contributed by atoms with Gasteiger partial charge in [-0.25, -0.2) is 22.0 Å². The number of carbonyl (C=O) groups excluding carboxylic acids is 1. The molecule has 0 radical (unpaired) electrons. The largest absolute Gasteiger partial charge is 0.491 e. The smallest absolute Gasteiger partial charge is 0.257 e. The van der Waals surface area contributed by atoms with E-state index in [0.29, 0.717) is 11.8 Å². The first-order valence-corrected chi connectivity index (χ1v) is 7.99. The maximum atomic E-state index is 13.8. The number of morpholine rings is 1. The molecule has 0 spiro atoms. The summed E-state index contributed by atoms with van der Waals surface area (Å²) in [4.78, 5) is 13.5. The average molecular weight is 387 g/mol. The zero-order valence-electron chi connectivity index (χ0n) is 13.9. The lowest BCUT2D eigenvalue weighted by Gasteiger charge is -2.33. The number of hydrogen-bond donors (Lipinski definition) is 0. The third kappa shape index (κ3) is 4.19. The molecule has 1 heterocycles. The van der Waals surface area contributed by atoms with E-state index in [1.807, 2.05) is 0 Å². The van der Waals surface area contributed by atoms with Crippen molar-refractivity contribution < 1.29 is 36.2 Å².